The quantitative estimate of drug-likeness (QED) is 0.602. The van der Waals surface area contributed by atoms with E-state index >= 15 is 0 Å². The fourth-order valence-electron chi connectivity index (χ4n) is 2.41. The number of rotatable bonds is 6. The molecule has 28 heavy (non-hydrogen) atoms. The number of carbonyl (C=O) groups is 2. The molecule has 0 radical (unpaired) electrons. The number of aromatic nitrogens is 2. The number of carbonyl (C=O) groups excluding carboxylic acids is 2. The maximum absolute atomic E-state index is 12.3. The second-order valence-electron chi connectivity index (χ2n) is 5.85. The van der Waals surface area contributed by atoms with Crippen LogP contribution >= 0.6 is 11.6 Å². The van der Waals surface area contributed by atoms with Gasteiger partial charge in [-0.25, -0.2) is 9.97 Å². The van der Waals surface area contributed by atoms with E-state index in [1.807, 2.05) is 0 Å². The summed E-state index contributed by atoms with van der Waals surface area (Å²) in [6.45, 7) is 1.47. The molecule has 3 aromatic rings. The highest BCUT2D eigenvalue weighted by molar-refractivity contribution is 6.32. The minimum atomic E-state index is -0.424. The van der Waals surface area contributed by atoms with Crippen molar-refractivity contribution in [1.29, 1.82) is 0 Å². The van der Waals surface area contributed by atoms with Crippen molar-refractivity contribution in [3.8, 4) is 5.75 Å². The normalized spacial score (nSPS) is 10.2. The van der Waals surface area contributed by atoms with E-state index in [1.165, 1.54) is 19.3 Å². The number of hydrogen-bond donors (Lipinski definition) is 2. The molecule has 0 aliphatic rings. The molecule has 1 heterocycles. The zero-order chi connectivity index (χ0) is 20.1. The molecule has 0 unspecified atom stereocenters. The van der Waals surface area contributed by atoms with Crippen molar-refractivity contribution < 1.29 is 14.3 Å². The van der Waals surface area contributed by atoms with Gasteiger partial charge in [0.2, 0.25) is 0 Å². The lowest BCUT2D eigenvalue weighted by Crippen LogP contribution is -2.14. The Kier molecular flexibility index (Phi) is 5.86. The van der Waals surface area contributed by atoms with Crippen LogP contribution in [0.5, 0.6) is 5.75 Å². The second kappa shape index (κ2) is 8.49. The molecule has 0 fully saturated rings. The van der Waals surface area contributed by atoms with Gasteiger partial charge in [-0.15, -0.1) is 0 Å². The summed E-state index contributed by atoms with van der Waals surface area (Å²) in [5, 5.41) is 6.21. The number of nitrogens with zero attached hydrogens (tertiary/aromatic N) is 2. The molecule has 0 spiro atoms. The Labute approximate surface area is 166 Å². The van der Waals surface area contributed by atoms with Crippen molar-refractivity contribution in [3.63, 3.8) is 0 Å². The predicted octanol–water partition coefficient (Wildman–Crippen LogP) is 4.34. The molecule has 0 aliphatic carbocycles. The van der Waals surface area contributed by atoms with Crippen LogP contribution in [-0.4, -0.2) is 28.8 Å². The van der Waals surface area contributed by atoms with Crippen molar-refractivity contribution >= 4 is 40.5 Å². The molecule has 3 rings (SSSR count). The van der Waals surface area contributed by atoms with Gasteiger partial charge in [-0.3, -0.25) is 9.59 Å². The SMILES string of the molecule is COc1ccc(Nc2cnc(C(=O)Nc3cccc(C(C)=O)c3)cn2)cc1Cl. The van der Waals surface area contributed by atoms with E-state index in [9.17, 15) is 9.59 Å². The molecular weight excluding hydrogens is 380 g/mol. The minimum Gasteiger partial charge on any atom is -0.495 e. The first-order valence-corrected chi connectivity index (χ1v) is 8.69. The number of methoxy groups -OCH3 is 1. The number of ether oxygens (including phenoxy) is 1. The van der Waals surface area contributed by atoms with Crippen molar-refractivity contribution in [2.45, 2.75) is 6.92 Å². The van der Waals surface area contributed by atoms with E-state index in [1.54, 1.807) is 49.6 Å². The van der Waals surface area contributed by atoms with Crippen LogP contribution in [0.1, 0.15) is 27.8 Å². The predicted molar refractivity (Wildman–Crippen MR) is 108 cm³/mol. The molecule has 142 valence electrons. The average molecular weight is 397 g/mol. The number of anilines is 3. The largest absolute Gasteiger partial charge is 0.495 e. The summed E-state index contributed by atoms with van der Waals surface area (Å²) < 4.78 is 5.11. The molecule has 0 bridgehead atoms. The number of Topliss-reactive ketones (excluding diaryl/α,β-unsaturated/α-hetero) is 1. The Balaban J connectivity index is 1.68. The van der Waals surface area contributed by atoms with Gasteiger partial charge in [0, 0.05) is 16.9 Å². The lowest BCUT2D eigenvalue weighted by atomic mass is 10.1. The molecule has 0 aliphatic heterocycles. The summed E-state index contributed by atoms with van der Waals surface area (Å²) in [6.07, 6.45) is 2.80. The van der Waals surface area contributed by atoms with Crippen LogP contribution < -0.4 is 15.4 Å². The highest BCUT2D eigenvalue weighted by Gasteiger charge is 2.10. The number of amides is 1. The Morgan fingerprint density at radius 1 is 1.04 bits per heavy atom. The topological polar surface area (TPSA) is 93.2 Å². The third kappa shape index (κ3) is 4.63. The van der Waals surface area contributed by atoms with Crippen molar-refractivity contribution in [2.75, 3.05) is 17.7 Å². The van der Waals surface area contributed by atoms with E-state index in [-0.39, 0.29) is 11.5 Å². The van der Waals surface area contributed by atoms with E-state index in [0.29, 0.717) is 33.5 Å². The van der Waals surface area contributed by atoms with Gasteiger partial charge in [-0.1, -0.05) is 23.7 Å². The van der Waals surface area contributed by atoms with Gasteiger partial charge in [0.25, 0.3) is 5.91 Å². The van der Waals surface area contributed by atoms with E-state index in [4.69, 9.17) is 16.3 Å². The van der Waals surface area contributed by atoms with Crippen LogP contribution in [0, 0.1) is 0 Å². The number of ketones is 1. The molecule has 1 amide bonds. The Morgan fingerprint density at radius 3 is 2.50 bits per heavy atom. The summed E-state index contributed by atoms with van der Waals surface area (Å²) in [5.74, 6) is 0.521. The maximum Gasteiger partial charge on any atom is 0.275 e. The first-order chi connectivity index (χ1) is 13.5. The number of benzene rings is 2. The number of hydrogen-bond acceptors (Lipinski definition) is 6. The van der Waals surface area contributed by atoms with E-state index in [0.717, 1.165) is 0 Å². The molecule has 8 heteroatoms. The van der Waals surface area contributed by atoms with E-state index in [2.05, 4.69) is 20.6 Å². The third-order valence-electron chi connectivity index (χ3n) is 3.84. The lowest BCUT2D eigenvalue weighted by Gasteiger charge is -2.09. The number of nitrogens with one attached hydrogen (secondary N) is 2. The summed E-state index contributed by atoms with van der Waals surface area (Å²) >= 11 is 6.10. The van der Waals surface area contributed by atoms with Gasteiger partial charge in [-0.05, 0) is 37.3 Å². The lowest BCUT2D eigenvalue weighted by molar-refractivity contribution is 0.100. The van der Waals surface area contributed by atoms with Crippen LogP contribution in [0.15, 0.2) is 54.9 Å². The van der Waals surface area contributed by atoms with Gasteiger partial charge in [0.15, 0.2) is 5.78 Å². The van der Waals surface area contributed by atoms with Crippen molar-refractivity contribution in [2.24, 2.45) is 0 Å². The summed E-state index contributed by atoms with van der Waals surface area (Å²) in [7, 11) is 1.54. The fraction of sp³-hybridized carbons (Fsp3) is 0.100. The zero-order valence-corrected chi connectivity index (χ0v) is 15.9. The Bertz CT molecular complexity index is 1020. The molecule has 2 aromatic carbocycles. The van der Waals surface area contributed by atoms with Crippen LogP contribution in [0.25, 0.3) is 0 Å². The molecule has 0 saturated carbocycles. The van der Waals surface area contributed by atoms with Gasteiger partial charge in [0.1, 0.15) is 17.3 Å². The van der Waals surface area contributed by atoms with Crippen LogP contribution in [0.2, 0.25) is 5.02 Å². The average Bonchev–Trinajstić information content (AvgIpc) is 2.69. The Morgan fingerprint density at radius 2 is 1.86 bits per heavy atom. The first-order valence-electron chi connectivity index (χ1n) is 8.31. The number of halogens is 1. The standard InChI is InChI=1S/C20H17ClN4O3/c1-12(26)13-4-3-5-14(8-13)25-20(27)17-10-23-19(11-22-17)24-15-6-7-18(28-2)16(21)9-15/h3-11H,1-2H3,(H,23,24)(H,25,27). The van der Waals surface area contributed by atoms with Gasteiger partial charge in [-0.2, -0.15) is 0 Å². The van der Waals surface area contributed by atoms with Crippen molar-refractivity contribution in [3.05, 3.63) is 71.1 Å². The molecule has 7 nitrogen and oxygen atoms in total. The first kappa shape index (κ1) is 19.3. The van der Waals surface area contributed by atoms with Gasteiger partial charge < -0.3 is 15.4 Å². The zero-order valence-electron chi connectivity index (χ0n) is 15.2. The van der Waals surface area contributed by atoms with Crippen LogP contribution in [0.3, 0.4) is 0 Å². The molecule has 0 atom stereocenters. The molecular formula is C20H17ClN4O3. The van der Waals surface area contributed by atoms with Gasteiger partial charge in [0.05, 0.1) is 24.5 Å². The maximum atomic E-state index is 12.3. The third-order valence-corrected chi connectivity index (χ3v) is 4.13. The fourth-order valence-corrected chi connectivity index (χ4v) is 2.67. The van der Waals surface area contributed by atoms with Crippen LogP contribution in [-0.2, 0) is 0 Å². The summed E-state index contributed by atoms with van der Waals surface area (Å²) in [5.41, 5.74) is 1.88. The highest BCUT2D eigenvalue weighted by Crippen LogP contribution is 2.28. The molecule has 0 saturated heterocycles. The Hall–Kier alpha value is -3.45. The monoisotopic (exact) mass is 396 g/mol. The van der Waals surface area contributed by atoms with Crippen molar-refractivity contribution in [1.82, 2.24) is 9.97 Å². The second-order valence-corrected chi connectivity index (χ2v) is 6.26. The molecule has 2 N–H and O–H groups in total. The summed E-state index contributed by atoms with van der Waals surface area (Å²) in [4.78, 5) is 32.1. The highest BCUT2D eigenvalue weighted by atomic mass is 35.5. The van der Waals surface area contributed by atoms with Gasteiger partial charge >= 0.3 is 0 Å². The van der Waals surface area contributed by atoms with E-state index < -0.39 is 5.91 Å². The molecule has 1 aromatic heterocycles. The van der Waals surface area contributed by atoms with Crippen LogP contribution in [0.4, 0.5) is 17.2 Å². The minimum absolute atomic E-state index is 0.0787. The summed E-state index contributed by atoms with van der Waals surface area (Å²) in [6, 6.07) is 11.9. The smallest absolute Gasteiger partial charge is 0.275 e.